The third kappa shape index (κ3) is 3.40. The van der Waals surface area contributed by atoms with Crippen molar-refractivity contribution in [1.29, 1.82) is 0 Å². The molecule has 0 aliphatic rings. The number of nitrogen functional groups attached to an aromatic ring is 1. The van der Waals surface area contributed by atoms with Gasteiger partial charge < -0.3 is 5.73 Å². The summed E-state index contributed by atoms with van der Waals surface area (Å²) in [4.78, 5) is 16.3. The van der Waals surface area contributed by atoms with Crippen molar-refractivity contribution in [1.82, 2.24) is 4.98 Å². The minimum atomic E-state index is -0.00202. The summed E-state index contributed by atoms with van der Waals surface area (Å²) in [7, 11) is 0. The predicted octanol–water partition coefficient (Wildman–Crippen LogP) is 3.61. The number of hydrogen-bond acceptors (Lipinski definition) is 3. The van der Waals surface area contributed by atoms with Gasteiger partial charge in [-0.2, -0.15) is 0 Å². The number of benzene rings is 1. The topological polar surface area (TPSA) is 56.0 Å². The van der Waals surface area contributed by atoms with E-state index >= 15 is 0 Å². The molecule has 0 radical (unpaired) electrons. The average Bonchev–Trinajstić information content (AvgIpc) is 2.31. The Hall–Kier alpha value is -1.20. The molecule has 2 N–H and O–H groups in total. The molecule has 0 unspecified atom stereocenters. The van der Waals surface area contributed by atoms with Gasteiger partial charge in [0.15, 0.2) is 5.78 Å². The molecule has 0 saturated heterocycles. The lowest BCUT2D eigenvalue weighted by Crippen LogP contribution is -2.05. The van der Waals surface area contributed by atoms with Crippen molar-refractivity contribution in [3.63, 3.8) is 0 Å². The van der Waals surface area contributed by atoms with Crippen LogP contribution in [0.4, 0.5) is 5.69 Å². The van der Waals surface area contributed by atoms with Crippen LogP contribution in [0, 0.1) is 0 Å². The van der Waals surface area contributed by atoms with Gasteiger partial charge in [0.2, 0.25) is 0 Å². The van der Waals surface area contributed by atoms with E-state index in [2.05, 4.69) is 36.8 Å². The number of ketones is 1. The van der Waals surface area contributed by atoms with Crippen LogP contribution in [0.15, 0.2) is 45.5 Å². The number of pyridine rings is 1. The van der Waals surface area contributed by atoms with Crippen molar-refractivity contribution < 1.29 is 4.79 Å². The molecule has 0 aliphatic carbocycles. The van der Waals surface area contributed by atoms with Gasteiger partial charge in [0.25, 0.3) is 0 Å². The predicted molar refractivity (Wildman–Crippen MR) is 78.5 cm³/mol. The molecular weight excluding hydrogens is 360 g/mol. The van der Waals surface area contributed by atoms with Crippen molar-refractivity contribution in [2.24, 2.45) is 0 Å². The van der Waals surface area contributed by atoms with E-state index < -0.39 is 0 Å². The Morgan fingerprint density at radius 1 is 1.17 bits per heavy atom. The lowest BCUT2D eigenvalue weighted by molar-refractivity contribution is 0.0992. The van der Waals surface area contributed by atoms with Crippen LogP contribution in [-0.2, 0) is 6.42 Å². The second-order valence-electron chi connectivity index (χ2n) is 3.84. The number of carbonyl (C=O) groups excluding carboxylic acids is 1. The molecule has 2 rings (SSSR count). The zero-order valence-electron chi connectivity index (χ0n) is 9.36. The largest absolute Gasteiger partial charge is 0.399 e. The molecule has 1 heterocycles. The van der Waals surface area contributed by atoms with Gasteiger partial charge >= 0.3 is 0 Å². The van der Waals surface area contributed by atoms with Crippen molar-refractivity contribution in [2.75, 3.05) is 5.73 Å². The number of Topliss-reactive ketones (excluding diaryl/α,β-unsaturated/α-hetero) is 1. The Labute approximate surface area is 122 Å². The van der Waals surface area contributed by atoms with Crippen LogP contribution >= 0.6 is 31.9 Å². The van der Waals surface area contributed by atoms with Gasteiger partial charge in [0, 0.05) is 32.1 Å². The van der Waals surface area contributed by atoms with Crippen molar-refractivity contribution >= 4 is 43.3 Å². The molecule has 0 bridgehead atoms. The standard InChI is InChI=1S/C13H10Br2N2O/c14-9-1-2-12(17-7-9)6-13(18)8-3-10(15)5-11(16)4-8/h1-5,7H,6,16H2. The van der Waals surface area contributed by atoms with Gasteiger partial charge in [-0.25, -0.2) is 0 Å². The normalized spacial score (nSPS) is 10.3. The lowest BCUT2D eigenvalue weighted by Gasteiger charge is -2.03. The fourth-order valence-corrected chi connectivity index (χ4v) is 2.30. The van der Waals surface area contributed by atoms with Crippen LogP contribution in [0.3, 0.4) is 0 Å². The molecular formula is C13H10Br2N2O. The smallest absolute Gasteiger partial charge is 0.168 e. The van der Waals surface area contributed by atoms with Gasteiger partial charge in [0.05, 0.1) is 6.42 Å². The van der Waals surface area contributed by atoms with Crippen molar-refractivity contribution in [3.8, 4) is 0 Å². The number of carbonyl (C=O) groups is 1. The highest BCUT2D eigenvalue weighted by Crippen LogP contribution is 2.19. The van der Waals surface area contributed by atoms with E-state index in [1.54, 1.807) is 24.4 Å². The van der Waals surface area contributed by atoms with Crippen molar-refractivity contribution in [2.45, 2.75) is 6.42 Å². The molecule has 92 valence electrons. The van der Waals surface area contributed by atoms with E-state index in [9.17, 15) is 4.79 Å². The Morgan fingerprint density at radius 2 is 1.94 bits per heavy atom. The third-order valence-electron chi connectivity index (χ3n) is 2.37. The molecule has 0 saturated carbocycles. The summed E-state index contributed by atoms with van der Waals surface area (Å²) < 4.78 is 1.69. The summed E-state index contributed by atoms with van der Waals surface area (Å²) >= 11 is 6.63. The fourth-order valence-electron chi connectivity index (χ4n) is 1.55. The zero-order valence-corrected chi connectivity index (χ0v) is 12.5. The molecule has 5 heteroatoms. The van der Waals surface area contributed by atoms with E-state index in [0.717, 1.165) is 14.6 Å². The summed E-state index contributed by atoms with van der Waals surface area (Å²) in [6, 6.07) is 8.88. The molecule has 0 spiro atoms. The van der Waals surface area contributed by atoms with Crippen LogP contribution < -0.4 is 5.73 Å². The van der Waals surface area contributed by atoms with Crippen LogP contribution in [0.2, 0.25) is 0 Å². The number of rotatable bonds is 3. The van der Waals surface area contributed by atoms with Crippen LogP contribution in [0.1, 0.15) is 16.1 Å². The van der Waals surface area contributed by atoms with Gasteiger partial charge in [-0.3, -0.25) is 9.78 Å². The Morgan fingerprint density at radius 3 is 2.56 bits per heavy atom. The summed E-state index contributed by atoms with van der Waals surface area (Å²) in [5.74, 6) is -0.00202. The number of nitrogens with two attached hydrogens (primary N) is 1. The maximum atomic E-state index is 12.1. The number of halogens is 2. The Balaban J connectivity index is 2.19. The van der Waals surface area contributed by atoms with Gasteiger partial charge in [-0.1, -0.05) is 15.9 Å². The number of hydrogen-bond donors (Lipinski definition) is 1. The molecule has 0 aliphatic heterocycles. The van der Waals surface area contributed by atoms with Gasteiger partial charge in [0.1, 0.15) is 0 Å². The first-order valence-electron chi connectivity index (χ1n) is 5.24. The molecule has 0 fully saturated rings. The maximum Gasteiger partial charge on any atom is 0.168 e. The quantitative estimate of drug-likeness (QED) is 0.664. The van der Waals surface area contributed by atoms with Crippen molar-refractivity contribution in [3.05, 3.63) is 56.7 Å². The number of anilines is 1. The first kappa shape index (κ1) is 13.2. The first-order valence-corrected chi connectivity index (χ1v) is 6.83. The monoisotopic (exact) mass is 368 g/mol. The molecule has 1 aromatic carbocycles. The number of nitrogens with zero attached hydrogens (tertiary/aromatic N) is 1. The third-order valence-corrected chi connectivity index (χ3v) is 3.30. The van der Waals surface area contributed by atoms with Gasteiger partial charge in [-0.15, -0.1) is 0 Å². The van der Waals surface area contributed by atoms with E-state index in [1.165, 1.54) is 0 Å². The first-order chi connectivity index (χ1) is 8.54. The Kier molecular flexibility index (Phi) is 4.14. The highest BCUT2D eigenvalue weighted by Gasteiger charge is 2.09. The summed E-state index contributed by atoms with van der Waals surface area (Å²) in [6.45, 7) is 0. The zero-order chi connectivity index (χ0) is 13.1. The van der Waals surface area contributed by atoms with E-state index in [-0.39, 0.29) is 12.2 Å². The minimum Gasteiger partial charge on any atom is -0.399 e. The highest BCUT2D eigenvalue weighted by atomic mass is 79.9. The second kappa shape index (κ2) is 5.63. The fraction of sp³-hybridized carbons (Fsp3) is 0.0769. The van der Waals surface area contributed by atoms with Crippen LogP contribution in [-0.4, -0.2) is 10.8 Å². The minimum absolute atomic E-state index is 0.00202. The summed E-state index contributed by atoms with van der Waals surface area (Å²) in [6.07, 6.45) is 1.95. The van der Waals surface area contributed by atoms with E-state index in [4.69, 9.17) is 5.73 Å². The molecule has 18 heavy (non-hydrogen) atoms. The van der Waals surface area contributed by atoms with Gasteiger partial charge in [-0.05, 0) is 46.3 Å². The van der Waals surface area contributed by atoms with E-state index in [0.29, 0.717) is 11.3 Å². The number of aromatic nitrogens is 1. The average molecular weight is 370 g/mol. The summed E-state index contributed by atoms with van der Waals surface area (Å²) in [5.41, 5.74) is 7.60. The van der Waals surface area contributed by atoms with Crippen LogP contribution in [0.5, 0.6) is 0 Å². The SMILES string of the molecule is Nc1cc(Br)cc(C(=O)Cc2ccc(Br)cn2)c1. The maximum absolute atomic E-state index is 12.1. The molecule has 0 amide bonds. The lowest BCUT2D eigenvalue weighted by atomic mass is 10.1. The Bertz CT molecular complexity index is 562. The highest BCUT2D eigenvalue weighted by molar-refractivity contribution is 9.10. The van der Waals surface area contributed by atoms with Crippen LogP contribution in [0.25, 0.3) is 0 Å². The molecule has 2 aromatic rings. The van der Waals surface area contributed by atoms with E-state index in [1.807, 2.05) is 12.1 Å². The summed E-state index contributed by atoms with van der Waals surface area (Å²) in [5, 5.41) is 0. The second-order valence-corrected chi connectivity index (χ2v) is 5.67. The molecule has 0 atom stereocenters. The molecule has 3 nitrogen and oxygen atoms in total. The molecule has 1 aromatic heterocycles.